The maximum absolute atomic E-state index is 12.3. The molecule has 1 fully saturated rings. The predicted octanol–water partition coefficient (Wildman–Crippen LogP) is 3.54. The van der Waals surface area contributed by atoms with Crippen LogP contribution in [0, 0.1) is 0 Å². The highest BCUT2D eigenvalue weighted by atomic mass is 32.2. The van der Waals surface area contributed by atoms with Gasteiger partial charge in [-0.2, -0.15) is 0 Å². The quantitative estimate of drug-likeness (QED) is 0.509. The van der Waals surface area contributed by atoms with Crippen LogP contribution < -0.4 is 20.3 Å². The number of hydrogen-bond donors (Lipinski definition) is 3. The van der Waals surface area contributed by atoms with Crippen molar-refractivity contribution in [1.82, 2.24) is 15.0 Å². The van der Waals surface area contributed by atoms with Gasteiger partial charge in [0.05, 0.1) is 11.9 Å². The molecule has 0 atom stereocenters. The lowest BCUT2D eigenvalue weighted by atomic mass is 10.1. The Labute approximate surface area is 181 Å². The standard InChI is InChI=1S/C23H25N5OS/c29-23(27-20-3-2-10-25-17-20)19-8-6-18(7-9-19)16-26-30-22-5-1-4-21(15-22)28-13-11-24-12-14-28/h1-10,15,17,24,26H,11-14,16H2,(H,27,29). The maximum atomic E-state index is 12.3. The molecule has 7 heteroatoms. The molecule has 1 saturated heterocycles. The molecule has 0 aliphatic carbocycles. The van der Waals surface area contributed by atoms with Crippen LogP contribution in [0.25, 0.3) is 0 Å². The van der Waals surface area contributed by atoms with Crippen LogP contribution in [0.1, 0.15) is 15.9 Å². The van der Waals surface area contributed by atoms with E-state index in [1.807, 2.05) is 30.3 Å². The van der Waals surface area contributed by atoms with E-state index >= 15 is 0 Å². The molecule has 4 rings (SSSR count). The Morgan fingerprint density at radius 3 is 2.67 bits per heavy atom. The topological polar surface area (TPSA) is 69.3 Å². The summed E-state index contributed by atoms with van der Waals surface area (Å²) in [6.45, 7) is 4.87. The van der Waals surface area contributed by atoms with E-state index in [4.69, 9.17) is 0 Å². The molecule has 2 aromatic carbocycles. The average Bonchev–Trinajstić information content (AvgIpc) is 2.81. The number of piperazine rings is 1. The summed E-state index contributed by atoms with van der Waals surface area (Å²) < 4.78 is 3.41. The Morgan fingerprint density at radius 1 is 1.07 bits per heavy atom. The number of carbonyl (C=O) groups is 1. The Hall–Kier alpha value is -2.87. The molecule has 3 aromatic rings. The van der Waals surface area contributed by atoms with Crippen LogP contribution in [0.2, 0.25) is 0 Å². The van der Waals surface area contributed by atoms with Crippen LogP contribution in [0.5, 0.6) is 0 Å². The lowest BCUT2D eigenvalue weighted by Gasteiger charge is -2.29. The second-order valence-electron chi connectivity index (χ2n) is 7.05. The van der Waals surface area contributed by atoms with Crippen molar-refractivity contribution in [2.45, 2.75) is 11.4 Å². The monoisotopic (exact) mass is 419 g/mol. The number of aromatic nitrogens is 1. The molecule has 0 saturated carbocycles. The summed E-state index contributed by atoms with van der Waals surface area (Å²) in [7, 11) is 0. The van der Waals surface area contributed by atoms with Crippen molar-refractivity contribution in [1.29, 1.82) is 0 Å². The largest absolute Gasteiger partial charge is 0.369 e. The Balaban J connectivity index is 1.28. The fraction of sp³-hybridized carbons (Fsp3) is 0.217. The second-order valence-corrected chi connectivity index (χ2v) is 8.01. The summed E-state index contributed by atoms with van der Waals surface area (Å²) in [6, 6.07) is 19.9. The fourth-order valence-electron chi connectivity index (χ4n) is 3.28. The second kappa shape index (κ2) is 10.2. The van der Waals surface area contributed by atoms with Gasteiger partial charge in [-0.3, -0.25) is 14.5 Å². The highest BCUT2D eigenvalue weighted by Crippen LogP contribution is 2.23. The van der Waals surface area contributed by atoms with Crippen LogP contribution in [0.15, 0.2) is 78.0 Å². The smallest absolute Gasteiger partial charge is 0.255 e. The van der Waals surface area contributed by atoms with E-state index in [1.165, 1.54) is 10.6 Å². The van der Waals surface area contributed by atoms with Gasteiger partial charge in [0, 0.05) is 55.1 Å². The van der Waals surface area contributed by atoms with E-state index in [9.17, 15) is 4.79 Å². The Bertz CT molecular complexity index is 959. The van der Waals surface area contributed by atoms with E-state index in [-0.39, 0.29) is 5.91 Å². The molecular formula is C23H25N5OS. The first-order chi connectivity index (χ1) is 14.8. The number of amides is 1. The molecule has 154 valence electrons. The summed E-state index contributed by atoms with van der Waals surface area (Å²) in [4.78, 5) is 19.9. The van der Waals surface area contributed by atoms with Crippen molar-refractivity contribution in [3.63, 3.8) is 0 Å². The first kappa shape index (κ1) is 20.4. The van der Waals surface area contributed by atoms with Crippen LogP contribution in [-0.4, -0.2) is 37.1 Å². The molecule has 30 heavy (non-hydrogen) atoms. The number of benzene rings is 2. The van der Waals surface area contributed by atoms with Gasteiger partial charge in [0.1, 0.15) is 0 Å². The molecule has 1 aromatic heterocycles. The third kappa shape index (κ3) is 5.60. The van der Waals surface area contributed by atoms with Crippen molar-refractivity contribution < 1.29 is 4.79 Å². The van der Waals surface area contributed by atoms with Gasteiger partial charge in [0.2, 0.25) is 0 Å². The van der Waals surface area contributed by atoms with E-state index in [1.54, 1.807) is 30.4 Å². The molecule has 1 aliphatic rings. The Morgan fingerprint density at radius 2 is 1.90 bits per heavy atom. The molecule has 0 bridgehead atoms. The molecule has 0 radical (unpaired) electrons. The van der Waals surface area contributed by atoms with E-state index < -0.39 is 0 Å². The van der Waals surface area contributed by atoms with Crippen molar-refractivity contribution in [3.8, 4) is 0 Å². The van der Waals surface area contributed by atoms with Gasteiger partial charge in [-0.25, -0.2) is 0 Å². The lowest BCUT2D eigenvalue weighted by molar-refractivity contribution is 0.102. The van der Waals surface area contributed by atoms with E-state index in [0.717, 1.165) is 31.7 Å². The highest BCUT2D eigenvalue weighted by molar-refractivity contribution is 7.97. The molecule has 0 spiro atoms. The molecule has 3 N–H and O–H groups in total. The molecule has 1 aliphatic heterocycles. The van der Waals surface area contributed by atoms with E-state index in [0.29, 0.717) is 17.8 Å². The fourth-order valence-corrected chi connectivity index (χ4v) is 4.02. The molecule has 2 heterocycles. The number of hydrogen-bond acceptors (Lipinski definition) is 6. The minimum Gasteiger partial charge on any atom is -0.369 e. The summed E-state index contributed by atoms with van der Waals surface area (Å²) in [5, 5.41) is 6.23. The number of nitrogens with one attached hydrogen (secondary N) is 3. The van der Waals surface area contributed by atoms with Crippen LogP contribution in [0.3, 0.4) is 0 Å². The van der Waals surface area contributed by atoms with Gasteiger partial charge in [-0.15, -0.1) is 0 Å². The molecular weight excluding hydrogens is 394 g/mol. The van der Waals surface area contributed by atoms with E-state index in [2.05, 4.69) is 49.5 Å². The Kier molecular flexibility index (Phi) is 6.97. The normalized spacial score (nSPS) is 13.8. The summed E-state index contributed by atoms with van der Waals surface area (Å²) >= 11 is 1.63. The minimum absolute atomic E-state index is 0.137. The lowest BCUT2D eigenvalue weighted by Crippen LogP contribution is -2.43. The van der Waals surface area contributed by atoms with Gasteiger partial charge < -0.3 is 15.5 Å². The summed E-state index contributed by atoms with van der Waals surface area (Å²) in [5.41, 5.74) is 3.71. The number of anilines is 2. The SMILES string of the molecule is O=C(Nc1cccnc1)c1ccc(CNSc2cccc(N3CCNCC3)c2)cc1. The zero-order chi connectivity index (χ0) is 20.6. The van der Waals surface area contributed by atoms with Gasteiger partial charge in [-0.05, 0) is 60.0 Å². The first-order valence-electron chi connectivity index (χ1n) is 10.0. The van der Waals surface area contributed by atoms with Crippen molar-refractivity contribution >= 4 is 29.2 Å². The third-order valence-corrected chi connectivity index (χ3v) is 5.68. The number of rotatable bonds is 7. The number of carbonyl (C=O) groups excluding carboxylic acids is 1. The predicted molar refractivity (Wildman–Crippen MR) is 123 cm³/mol. The zero-order valence-electron chi connectivity index (χ0n) is 16.7. The van der Waals surface area contributed by atoms with Crippen LogP contribution >= 0.6 is 11.9 Å². The van der Waals surface area contributed by atoms with Gasteiger partial charge in [0.25, 0.3) is 5.91 Å². The van der Waals surface area contributed by atoms with Gasteiger partial charge in [-0.1, -0.05) is 18.2 Å². The summed E-state index contributed by atoms with van der Waals surface area (Å²) in [5.74, 6) is -0.137. The van der Waals surface area contributed by atoms with Crippen molar-refractivity contribution in [2.24, 2.45) is 0 Å². The van der Waals surface area contributed by atoms with Crippen molar-refractivity contribution in [2.75, 3.05) is 36.4 Å². The average molecular weight is 420 g/mol. The zero-order valence-corrected chi connectivity index (χ0v) is 17.5. The number of pyridine rings is 1. The van der Waals surface area contributed by atoms with Crippen LogP contribution in [-0.2, 0) is 6.54 Å². The first-order valence-corrected chi connectivity index (χ1v) is 10.9. The molecule has 6 nitrogen and oxygen atoms in total. The molecule has 1 amide bonds. The molecule has 0 unspecified atom stereocenters. The minimum atomic E-state index is -0.137. The van der Waals surface area contributed by atoms with Gasteiger partial charge in [0.15, 0.2) is 0 Å². The van der Waals surface area contributed by atoms with Crippen LogP contribution in [0.4, 0.5) is 11.4 Å². The van der Waals surface area contributed by atoms with Crippen molar-refractivity contribution in [3.05, 3.63) is 84.2 Å². The highest BCUT2D eigenvalue weighted by Gasteiger charge is 2.11. The third-order valence-electron chi connectivity index (χ3n) is 4.90. The summed E-state index contributed by atoms with van der Waals surface area (Å²) in [6.07, 6.45) is 3.31. The maximum Gasteiger partial charge on any atom is 0.255 e. The van der Waals surface area contributed by atoms with Gasteiger partial charge >= 0.3 is 0 Å². The number of nitrogens with zero attached hydrogens (tertiary/aromatic N) is 2.